The molecule has 4 aromatic carbocycles. The molecule has 428 valence electrons. The van der Waals surface area contributed by atoms with Crippen LogP contribution in [0.4, 0.5) is 0 Å². The Balaban J connectivity index is 0.000000201. The number of aromatic hydroxyl groups is 4. The summed E-state index contributed by atoms with van der Waals surface area (Å²) in [4.78, 5) is 77.0. The molecule has 0 aliphatic carbocycles. The summed E-state index contributed by atoms with van der Waals surface area (Å²) in [5.41, 5.74) is 4.64. The number of nitrogens with zero attached hydrogens (tertiary/aromatic N) is 5. The molecule has 0 saturated heterocycles. The van der Waals surface area contributed by atoms with Gasteiger partial charge in [-0.05, 0) is 66.1 Å². The van der Waals surface area contributed by atoms with Crippen LogP contribution in [0.1, 0.15) is 69.9 Å². The number of hydrogen-bond donors (Lipinski definition) is 10. The van der Waals surface area contributed by atoms with Crippen molar-refractivity contribution in [3.05, 3.63) is 179 Å². The first-order valence-electron chi connectivity index (χ1n) is 25.0. The Morgan fingerprint density at radius 2 is 0.817 bits per heavy atom. The number of nitrogens with one attached hydrogen (secondary N) is 4. The van der Waals surface area contributed by atoms with Crippen molar-refractivity contribution in [1.82, 2.24) is 46.1 Å². The number of aliphatic hydroxyl groups excluding tert-OH is 2. The molecule has 0 radical (unpaired) electrons. The maximum absolute atomic E-state index is 12.2. The van der Waals surface area contributed by atoms with Crippen LogP contribution in [0.25, 0.3) is 43.1 Å². The lowest BCUT2D eigenvalue weighted by Crippen LogP contribution is -2.30. The highest BCUT2D eigenvalue weighted by atomic mass is 16.5. The Morgan fingerprint density at radius 1 is 0.476 bits per heavy atom. The first-order valence-corrected chi connectivity index (χ1v) is 25.0. The second-order valence-corrected chi connectivity index (χ2v) is 18.9. The van der Waals surface area contributed by atoms with Crippen molar-refractivity contribution < 1.29 is 64.1 Å². The number of rotatable bonds is 15. The second-order valence-electron chi connectivity index (χ2n) is 18.9. The van der Waals surface area contributed by atoms with Gasteiger partial charge < -0.3 is 66.3 Å². The van der Waals surface area contributed by atoms with E-state index in [0.717, 1.165) is 43.8 Å². The zero-order valence-corrected chi connectivity index (χ0v) is 46.6. The lowest BCUT2D eigenvalue weighted by Gasteiger charge is -2.15. The summed E-state index contributed by atoms with van der Waals surface area (Å²) in [5.74, 6) is -3.35. The van der Waals surface area contributed by atoms with Crippen molar-refractivity contribution >= 4 is 72.7 Å². The molecule has 4 amide bonds. The van der Waals surface area contributed by atoms with Crippen LogP contribution >= 0.6 is 0 Å². The summed E-state index contributed by atoms with van der Waals surface area (Å²) in [7, 11) is 6.52. The van der Waals surface area contributed by atoms with Crippen LogP contribution in [0.2, 0.25) is 0 Å². The van der Waals surface area contributed by atoms with Gasteiger partial charge in [0.2, 0.25) is 0 Å². The van der Waals surface area contributed by atoms with Crippen LogP contribution in [0.15, 0.2) is 128 Å². The number of ether oxygens (including phenoxy) is 2. The van der Waals surface area contributed by atoms with Crippen molar-refractivity contribution in [2.75, 3.05) is 54.5 Å². The molecular weight excluding hydrogens is 1050 g/mol. The van der Waals surface area contributed by atoms with Gasteiger partial charge in [-0.25, -0.2) is 19.9 Å². The maximum atomic E-state index is 12.2. The van der Waals surface area contributed by atoms with Crippen molar-refractivity contribution in [1.29, 1.82) is 0 Å². The van der Waals surface area contributed by atoms with Gasteiger partial charge >= 0.3 is 5.97 Å². The van der Waals surface area contributed by atoms with E-state index in [4.69, 9.17) is 14.9 Å². The van der Waals surface area contributed by atoms with Gasteiger partial charge in [-0.15, -0.1) is 0 Å². The Bertz CT molecular complexity index is 3650. The van der Waals surface area contributed by atoms with Gasteiger partial charge in [-0.3, -0.25) is 24.0 Å². The smallest absolute Gasteiger partial charge is 0.325 e. The number of carbonyl (C=O) groups is 5. The molecule has 4 aromatic heterocycles. The van der Waals surface area contributed by atoms with Crippen LogP contribution in [0.3, 0.4) is 0 Å². The fraction of sp³-hybridized carbons (Fsp3) is 0.217. The predicted octanol–water partition coefficient (Wildman–Crippen LogP) is 7.45. The minimum absolute atomic E-state index is 0.00902. The highest BCUT2D eigenvalue weighted by Gasteiger charge is 2.21. The molecule has 0 aliphatic heterocycles. The van der Waals surface area contributed by atoms with Crippen LogP contribution in [-0.2, 0) is 20.8 Å². The predicted molar refractivity (Wildman–Crippen MR) is 311 cm³/mol. The van der Waals surface area contributed by atoms with Crippen LogP contribution in [0.5, 0.6) is 23.0 Å². The summed E-state index contributed by atoms with van der Waals surface area (Å²) in [6.45, 7) is 18.2. The molecular formula is C60H65N9O13. The molecule has 0 spiro atoms. The number of esters is 1. The third kappa shape index (κ3) is 16.6. The molecule has 82 heavy (non-hydrogen) atoms. The minimum atomic E-state index is -0.629. The largest absolute Gasteiger partial charge is 0.511 e. The Labute approximate surface area is 472 Å². The summed E-state index contributed by atoms with van der Waals surface area (Å²) in [5, 5.41) is 73.9. The third-order valence-electron chi connectivity index (χ3n) is 11.9. The molecule has 0 aliphatic rings. The number of carbonyl (C=O) groups excluding carboxylic acids is 5. The fourth-order valence-electron chi connectivity index (χ4n) is 7.71. The van der Waals surface area contributed by atoms with E-state index in [1.54, 1.807) is 30.5 Å². The van der Waals surface area contributed by atoms with Gasteiger partial charge in [0, 0.05) is 68.2 Å². The Hall–Kier alpha value is -10.4. The van der Waals surface area contributed by atoms with Crippen molar-refractivity contribution in [2.45, 2.75) is 34.2 Å². The van der Waals surface area contributed by atoms with Gasteiger partial charge in [0.1, 0.15) is 23.8 Å². The fourth-order valence-corrected chi connectivity index (χ4v) is 7.71. The lowest BCUT2D eigenvalue weighted by molar-refractivity contribution is -0.139. The number of amides is 4. The summed E-state index contributed by atoms with van der Waals surface area (Å²) < 4.78 is 9.27. The van der Waals surface area contributed by atoms with Crippen LogP contribution < -0.4 is 21.3 Å². The number of aryl methyl sites for hydroxylation is 4. The van der Waals surface area contributed by atoms with E-state index in [9.17, 15) is 44.4 Å². The average Bonchev–Trinajstić information content (AvgIpc) is 3.65. The van der Waals surface area contributed by atoms with Crippen LogP contribution in [0, 0.1) is 27.7 Å². The van der Waals surface area contributed by atoms with E-state index in [2.05, 4.69) is 65.7 Å². The first kappa shape index (κ1) is 62.5. The van der Waals surface area contributed by atoms with Crippen molar-refractivity contribution in [2.24, 2.45) is 0 Å². The number of aromatic nitrogens is 4. The average molecular weight is 1120 g/mol. The Kier molecular flexibility index (Phi) is 21.7. The Morgan fingerprint density at radius 3 is 1.18 bits per heavy atom. The van der Waals surface area contributed by atoms with E-state index in [-0.39, 0.29) is 83.5 Å². The standard InChI is InChI=1S/C17H21N3O3.C15H16N2O3.C14H14N2O4.C14H14N2O3/c1-10-5-6-12-13(7-10)14(9-20(3)4)19-15(16(12)22)17(23)18-8-11(2)21;1-9-4-5-12-11(6-9)8-16-13(14(12)18)15(19)17-7-10(2)20-3;1-8-3-4-10-9(5-8)6-15-12(13(10)18)14(19)16-7-11(17)20-2;1-8-3-4-11-10(5-8)7-15-12(13(11)18)14(19)16-6-9(2)17/h5-7,21-22H,2,8-9H2,1,3-4H3,(H,18,23);4-6,8,18H,2,7H2,1,3H3,(H,17,19);3-6,18H,7H2,1-2H3,(H,16,19);3-5,7,17-18H,2,6H2,1H3,(H,16,19). The molecule has 10 N–H and O–H groups in total. The van der Waals surface area contributed by atoms with E-state index >= 15 is 0 Å². The maximum Gasteiger partial charge on any atom is 0.325 e. The molecule has 4 heterocycles. The molecule has 22 nitrogen and oxygen atoms in total. The van der Waals surface area contributed by atoms with E-state index in [0.29, 0.717) is 39.5 Å². The monoisotopic (exact) mass is 1120 g/mol. The molecule has 22 heteroatoms. The quantitative estimate of drug-likeness (QED) is 0.0352. The lowest BCUT2D eigenvalue weighted by atomic mass is 10.0. The molecule has 0 bridgehead atoms. The highest BCUT2D eigenvalue weighted by molar-refractivity contribution is 6.05. The third-order valence-corrected chi connectivity index (χ3v) is 11.9. The summed E-state index contributed by atoms with van der Waals surface area (Å²) >= 11 is 0. The van der Waals surface area contributed by atoms with Gasteiger partial charge in [0.15, 0.2) is 45.8 Å². The topological polar surface area (TPSA) is 328 Å². The molecule has 0 saturated carbocycles. The molecule has 8 aromatic rings. The summed E-state index contributed by atoms with van der Waals surface area (Å²) in [6.07, 6.45) is 4.61. The number of hydrogen-bond acceptors (Lipinski definition) is 18. The zero-order chi connectivity index (χ0) is 60.5. The minimum Gasteiger partial charge on any atom is -0.511 e. The van der Waals surface area contributed by atoms with Crippen LogP contribution in [-0.4, -0.2) is 140 Å². The number of fused-ring (bicyclic) bond motifs is 4. The molecule has 0 atom stereocenters. The van der Waals surface area contributed by atoms with Crippen molar-refractivity contribution in [3.63, 3.8) is 0 Å². The van der Waals surface area contributed by atoms with E-state index in [1.165, 1.54) is 26.6 Å². The number of benzene rings is 4. The molecule has 8 rings (SSSR count). The van der Waals surface area contributed by atoms with Gasteiger partial charge in [-0.1, -0.05) is 90.5 Å². The summed E-state index contributed by atoms with van der Waals surface area (Å²) in [6, 6.07) is 22.0. The van der Waals surface area contributed by atoms with Gasteiger partial charge in [0.25, 0.3) is 23.6 Å². The zero-order valence-electron chi connectivity index (χ0n) is 46.6. The number of methoxy groups -OCH3 is 2. The van der Waals surface area contributed by atoms with E-state index < -0.39 is 29.6 Å². The van der Waals surface area contributed by atoms with E-state index in [1.807, 2.05) is 95.2 Å². The normalized spacial score (nSPS) is 10.5. The first-order chi connectivity index (χ1) is 38.8. The number of aliphatic hydroxyl groups is 2. The molecule has 0 fully saturated rings. The SMILES string of the molecule is C=C(CNC(=O)c1ncc2cc(C)ccc2c1O)OC.C=C(O)CNC(=O)c1nc(CN(C)C)c2cc(C)ccc2c1O.C=C(O)CNC(=O)c1ncc2cc(C)ccc2c1O.COC(=O)CNC(=O)c1ncc2cc(C)ccc2c1O. The van der Waals surface area contributed by atoms with Crippen molar-refractivity contribution in [3.8, 4) is 23.0 Å². The number of pyridine rings is 4. The highest BCUT2D eigenvalue weighted by Crippen LogP contribution is 2.32. The van der Waals surface area contributed by atoms with Gasteiger partial charge in [-0.2, -0.15) is 0 Å². The molecule has 0 unspecified atom stereocenters. The van der Waals surface area contributed by atoms with Gasteiger partial charge in [0.05, 0.1) is 39.5 Å². The second kappa shape index (κ2) is 28.5.